The smallest absolute Gasteiger partial charge is 0.227 e. The van der Waals surface area contributed by atoms with Gasteiger partial charge in [0.2, 0.25) is 5.91 Å². The first-order valence-corrected chi connectivity index (χ1v) is 8.42. The molecule has 0 unspecified atom stereocenters. The van der Waals surface area contributed by atoms with E-state index in [2.05, 4.69) is 9.88 Å². The van der Waals surface area contributed by atoms with Crippen LogP contribution in [0.3, 0.4) is 0 Å². The van der Waals surface area contributed by atoms with Gasteiger partial charge in [0.1, 0.15) is 0 Å². The molecule has 0 saturated carbocycles. The van der Waals surface area contributed by atoms with Crippen molar-refractivity contribution in [1.29, 1.82) is 0 Å². The third-order valence-electron chi connectivity index (χ3n) is 5.16. The van der Waals surface area contributed by atoms with Crippen molar-refractivity contribution in [3.05, 3.63) is 59.9 Å². The molecule has 1 amide bonds. The van der Waals surface area contributed by atoms with Gasteiger partial charge in [0, 0.05) is 49.4 Å². The summed E-state index contributed by atoms with van der Waals surface area (Å²) in [5.41, 5.74) is 1.33. The number of aromatic nitrogens is 1. The molecule has 1 aromatic heterocycles. The molecule has 0 radical (unpaired) electrons. The van der Waals surface area contributed by atoms with Gasteiger partial charge in [-0.2, -0.15) is 0 Å². The highest BCUT2D eigenvalue weighted by Gasteiger charge is 2.47. The molecule has 1 spiro atoms. The van der Waals surface area contributed by atoms with E-state index >= 15 is 0 Å². The molecule has 1 aromatic carbocycles. The SMILES string of the molecule is O=C1C[C@]2(CCN(Cc3ccccn3)C2)CN1c1ccc(F)c(F)c1. The number of halogens is 2. The molecule has 2 fully saturated rings. The summed E-state index contributed by atoms with van der Waals surface area (Å²) in [6, 6.07) is 9.51. The van der Waals surface area contributed by atoms with E-state index in [1.54, 1.807) is 11.1 Å². The van der Waals surface area contributed by atoms with E-state index in [0.29, 0.717) is 18.7 Å². The van der Waals surface area contributed by atoms with E-state index in [1.165, 1.54) is 6.07 Å². The van der Waals surface area contributed by atoms with Crippen LogP contribution in [0.4, 0.5) is 14.5 Å². The Morgan fingerprint density at radius 1 is 1.12 bits per heavy atom. The molecular weight excluding hydrogens is 324 g/mol. The molecule has 0 bridgehead atoms. The number of carbonyl (C=O) groups excluding carboxylic acids is 1. The van der Waals surface area contributed by atoms with Gasteiger partial charge < -0.3 is 4.90 Å². The van der Waals surface area contributed by atoms with Crippen molar-refractivity contribution in [3.63, 3.8) is 0 Å². The lowest BCUT2D eigenvalue weighted by Crippen LogP contribution is -2.31. The van der Waals surface area contributed by atoms with Crippen LogP contribution in [0, 0.1) is 17.0 Å². The fraction of sp³-hybridized carbons (Fsp3) is 0.368. The van der Waals surface area contributed by atoms with E-state index in [0.717, 1.165) is 43.9 Å². The first-order chi connectivity index (χ1) is 12.0. The number of hydrogen-bond acceptors (Lipinski definition) is 3. The number of carbonyl (C=O) groups is 1. The Labute approximate surface area is 145 Å². The highest BCUT2D eigenvalue weighted by Crippen LogP contribution is 2.42. The van der Waals surface area contributed by atoms with Crippen LogP contribution in [0.2, 0.25) is 0 Å². The van der Waals surface area contributed by atoms with Gasteiger partial charge in [-0.25, -0.2) is 8.78 Å². The second-order valence-corrected chi connectivity index (χ2v) is 7.04. The largest absolute Gasteiger partial charge is 0.312 e. The molecular formula is C19H19F2N3O. The van der Waals surface area contributed by atoms with Crippen molar-refractivity contribution in [2.24, 2.45) is 5.41 Å². The Morgan fingerprint density at radius 2 is 2.00 bits per heavy atom. The highest BCUT2D eigenvalue weighted by molar-refractivity contribution is 5.96. The van der Waals surface area contributed by atoms with E-state index in [4.69, 9.17) is 0 Å². The number of nitrogens with zero attached hydrogens (tertiary/aromatic N) is 3. The quantitative estimate of drug-likeness (QED) is 0.860. The maximum atomic E-state index is 13.5. The van der Waals surface area contributed by atoms with Crippen LogP contribution in [0.25, 0.3) is 0 Å². The Kier molecular flexibility index (Phi) is 4.00. The van der Waals surface area contributed by atoms with E-state index in [-0.39, 0.29) is 11.3 Å². The minimum Gasteiger partial charge on any atom is -0.312 e. The van der Waals surface area contributed by atoms with E-state index < -0.39 is 11.6 Å². The predicted octanol–water partition coefficient (Wildman–Crippen LogP) is 2.99. The van der Waals surface area contributed by atoms with Gasteiger partial charge in [0.25, 0.3) is 0 Å². The van der Waals surface area contributed by atoms with Crippen molar-refractivity contribution in [3.8, 4) is 0 Å². The predicted molar refractivity (Wildman–Crippen MR) is 89.9 cm³/mol. The maximum absolute atomic E-state index is 13.5. The van der Waals surface area contributed by atoms with Crippen LogP contribution in [-0.4, -0.2) is 35.4 Å². The molecule has 6 heteroatoms. The van der Waals surface area contributed by atoms with Crippen LogP contribution >= 0.6 is 0 Å². The standard InChI is InChI=1S/C19H19F2N3O/c20-16-5-4-15(9-17(16)21)24-13-19(10-18(24)25)6-8-23(12-19)11-14-3-1-2-7-22-14/h1-5,7,9H,6,8,10-13H2/t19-/m0/s1. The summed E-state index contributed by atoms with van der Waals surface area (Å²) in [5, 5.41) is 0. The molecule has 2 aliphatic heterocycles. The fourth-order valence-corrected chi connectivity index (χ4v) is 3.94. The topological polar surface area (TPSA) is 36.4 Å². The average Bonchev–Trinajstić information content (AvgIpc) is 3.14. The molecule has 3 heterocycles. The van der Waals surface area contributed by atoms with E-state index in [1.807, 2.05) is 18.2 Å². The van der Waals surface area contributed by atoms with Crippen molar-refractivity contribution < 1.29 is 13.6 Å². The first-order valence-electron chi connectivity index (χ1n) is 8.42. The second kappa shape index (κ2) is 6.19. The van der Waals surface area contributed by atoms with Gasteiger partial charge in [0.15, 0.2) is 11.6 Å². The Balaban J connectivity index is 1.47. The van der Waals surface area contributed by atoms with Crippen LogP contribution in [-0.2, 0) is 11.3 Å². The number of benzene rings is 1. The number of rotatable bonds is 3. The minimum atomic E-state index is -0.922. The molecule has 2 aromatic rings. The van der Waals surface area contributed by atoms with E-state index in [9.17, 15) is 13.6 Å². The van der Waals surface area contributed by atoms with Gasteiger partial charge in [0.05, 0.1) is 5.69 Å². The van der Waals surface area contributed by atoms with Crippen LogP contribution in [0.1, 0.15) is 18.5 Å². The third kappa shape index (κ3) is 3.14. The first kappa shape index (κ1) is 16.1. The third-order valence-corrected chi connectivity index (χ3v) is 5.16. The molecule has 2 saturated heterocycles. The summed E-state index contributed by atoms with van der Waals surface area (Å²) < 4.78 is 26.6. The fourth-order valence-electron chi connectivity index (χ4n) is 3.94. The molecule has 25 heavy (non-hydrogen) atoms. The average molecular weight is 343 g/mol. The summed E-state index contributed by atoms with van der Waals surface area (Å²) in [4.78, 5) is 20.7. The van der Waals surface area contributed by atoms with Crippen LogP contribution in [0.5, 0.6) is 0 Å². The summed E-state index contributed by atoms with van der Waals surface area (Å²) in [6.45, 7) is 3.04. The molecule has 130 valence electrons. The Hall–Kier alpha value is -2.34. The van der Waals surface area contributed by atoms with Crippen molar-refractivity contribution in [1.82, 2.24) is 9.88 Å². The van der Waals surface area contributed by atoms with Crippen LogP contribution in [0.15, 0.2) is 42.6 Å². The number of anilines is 1. The van der Waals surface area contributed by atoms with Gasteiger partial charge in [-0.1, -0.05) is 6.07 Å². The molecule has 4 nitrogen and oxygen atoms in total. The van der Waals surface area contributed by atoms with Gasteiger partial charge in [-0.3, -0.25) is 14.7 Å². The summed E-state index contributed by atoms with van der Waals surface area (Å²) in [7, 11) is 0. The number of pyridine rings is 1. The molecule has 4 rings (SSSR count). The minimum absolute atomic E-state index is 0.0225. The number of likely N-dealkylation sites (tertiary alicyclic amines) is 1. The second-order valence-electron chi connectivity index (χ2n) is 7.04. The monoisotopic (exact) mass is 343 g/mol. The number of amides is 1. The van der Waals surface area contributed by atoms with Gasteiger partial charge in [-0.15, -0.1) is 0 Å². The Morgan fingerprint density at radius 3 is 2.76 bits per heavy atom. The molecule has 0 aliphatic carbocycles. The zero-order chi connectivity index (χ0) is 17.4. The lowest BCUT2D eigenvalue weighted by molar-refractivity contribution is -0.117. The summed E-state index contributed by atoms with van der Waals surface area (Å²) in [5.74, 6) is -1.84. The zero-order valence-electron chi connectivity index (χ0n) is 13.8. The lowest BCUT2D eigenvalue weighted by Gasteiger charge is -2.24. The lowest BCUT2D eigenvalue weighted by atomic mass is 9.86. The Bertz CT molecular complexity index is 799. The zero-order valence-corrected chi connectivity index (χ0v) is 13.8. The molecule has 2 aliphatic rings. The van der Waals surface area contributed by atoms with Gasteiger partial charge >= 0.3 is 0 Å². The van der Waals surface area contributed by atoms with Crippen molar-refractivity contribution in [2.75, 3.05) is 24.5 Å². The summed E-state index contributed by atoms with van der Waals surface area (Å²) >= 11 is 0. The molecule has 1 atom stereocenters. The number of hydrogen-bond donors (Lipinski definition) is 0. The maximum Gasteiger partial charge on any atom is 0.227 e. The van der Waals surface area contributed by atoms with Crippen LogP contribution < -0.4 is 4.90 Å². The highest BCUT2D eigenvalue weighted by atomic mass is 19.2. The van der Waals surface area contributed by atoms with Crippen molar-refractivity contribution in [2.45, 2.75) is 19.4 Å². The van der Waals surface area contributed by atoms with Gasteiger partial charge in [-0.05, 0) is 37.2 Å². The molecule has 0 N–H and O–H groups in total. The summed E-state index contributed by atoms with van der Waals surface area (Å²) in [6.07, 6.45) is 3.15. The normalized spacial score (nSPS) is 23.8. The van der Waals surface area contributed by atoms with Crippen molar-refractivity contribution >= 4 is 11.6 Å².